The van der Waals surface area contributed by atoms with Gasteiger partial charge in [0.2, 0.25) is 0 Å². The molecule has 0 aliphatic carbocycles. The molecule has 0 amide bonds. The van der Waals surface area contributed by atoms with Gasteiger partial charge in [-0.05, 0) is 0 Å². The van der Waals surface area contributed by atoms with Gasteiger partial charge >= 0.3 is 11.9 Å². The lowest BCUT2D eigenvalue weighted by Crippen LogP contribution is -2.43. The molecule has 0 unspecified atom stereocenters. The molecule has 1 atom stereocenters. The number of aliphatic carboxylic acids is 1. The van der Waals surface area contributed by atoms with E-state index < -0.39 is 56.4 Å². The molecule has 0 rings (SSSR count). The minimum absolute atomic E-state index is 0.792. The van der Waals surface area contributed by atoms with Gasteiger partial charge in [-0.3, -0.25) is 9.59 Å². The summed E-state index contributed by atoms with van der Waals surface area (Å²) in [5.41, 5.74) is 0. The highest BCUT2D eigenvalue weighted by Crippen LogP contribution is 2.04. The zero-order valence-corrected chi connectivity index (χ0v) is 7.53. The van der Waals surface area contributed by atoms with E-state index in [1.54, 1.807) is 0 Å². The molecular weight excluding hydrogens is 186 g/mol. The first-order chi connectivity index (χ1) is 10.3. The van der Waals surface area contributed by atoms with Crippen LogP contribution in [0.5, 0.6) is 0 Å². The maximum Gasteiger partial charge on any atom is 0.307 e. The predicted molar refractivity (Wildman–Crippen MR) is 50.7 cm³/mol. The van der Waals surface area contributed by atoms with E-state index in [1.807, 2.05) is 0 Å². The van der Waals surface area contributed by atoms with Crippen molar-refractivity contribution in [1.82, 2.24) is 0 Å². The van der Waals surface area contributed by atoms with Crippen LogP contribution in [0.15, 0.2) is 0 Å². The number of rotatable bonds is 5. The van der Waals surface area contributed by atoms with E-state index in [2.05, 4.69) is 4.74 Å². The largest absolute Gasteiger partial charge is 0.481 e. The summed E-state index contributed by atoms with van der Waals surface area (Å²) >= 11 is 0. The topological polar surface area (TPSA) is 63.6 Å². The van der Waals surface area contributed by atoms with Crippen LogP contribution in [0.25, 0.3) is 0 Å². The minimum atomic E-state index is -3.68. The van der Waals surface area contributed by atoms with E-state index in [1.165, 1.54) is 0 Å². The van der Waals surface area contributed by atoms with Crippen molar-refractivity contribution in [2.45, 2.75) is 19.4 Å². The molecular formula is C9H18NO4+. The van der Waals surface area contributed by atoms with Crippen molar-refractivity contribution in [2.75, 3.05) is 27.5 Å². The van der Waals surface area contributed by atoms with Crippen molar-refractivity contribution in [3.05, 3.63) is 0 Å². The van der Waals surface area contributed by atoms with Crippen molar-refractivity contribution < 1.29 is 37.6 Å². The summed E-state index contributed by atoms with van der Waals surface area (Å²) in [6.45, 7) is -11.8. The molecule has 0 aromatic heterocycles. The van der Waals surface area contributed by atoms with Crippen LogP contribution in [0, 0.1) is 0 Å². The molecule has 0 saturated carbocycles. The Morgan fingerprint density at radius 3 is 2.50 bits per heavy atom. The summed E-state index contributed by atoms with van der Waals surface area (Å²) < 4.78 is 76.4. The van der Waals surface area contributed by atoms with Crippen LogP contribution in [0.4, 0.5) is 0 Å². The highest BCUT2D eigenvalue weighted by atomic mass is 16.5. The van der Waals surface area contributed by atoms with Gasteiger partial charge in [-0.15, -0.1) is 0 Å². The average Bonchev–Trinajstić information content (AvgIpc) is 2.17. The first-order valence-corrected chi connectivity index (χ1v) is 3.59. The molecule has 0 bridgehead atoms. The van der Waals surface area contributed by atoms with Gasteiger partial charge in [0.15, 0.2) is 6.08 Å². The van der Waals surface area contributed by atoms with Crippen LogP contribution in [0.3, 0.4) is 0 Å². The first-order valence-electron chi connectivity index (χ1n) is 8.59. The first kappa shape index (κ1) is 3.81. The fourth-order valence-electron chi connectivity index (χ4n) is 0.761. The van der Waals surface area contributed by atoms with Gasteiger partial charge in [-0.1, -0.05) is 0 Å². The highest BCUT2D eigenvalue weighted by Gasteiger charge is 2.23. The summed E-state index contributed by atoms with van der Waals surface area (Å²) in [5, 5.41) is 8.83. The fourth-order valence-corrected chi connectivity index (χ4v) is 0.761. The second-order valence-corrected chi connectivity index (χ2v) is 2.67. The van der Waals surface area contributed by atoms with Crippen LogP contribution in [0.2, 0.25) is 0 Å². The van der Waals surface area contributed by atoms with Crippen LogP contribution in [-0.4, -0.2) is 55.1 Å². The Morgan fingerprint density at radius 1 is 1.57 bits per heavy atom. The maximum absolute atomic E-state index is 11.1. The van der Waals surface area contributed by atoms with E-state index in [-0.39, 0.29) is 0 Å². The van der Waals surface area contributed by atoms with E-state index in [4.69, 9.17) is 18.8 Å². The van der Waals surface area contributed by atoms with E-state index >= 15 is 0 Å². The maximum atomic E-state index is 11.1. The van der Waals surface area contributed by atoms with Crippen LogP contribution < -0.4 is 0 Å². The standard InChI is InChI=1S/C9H17NO4/c1-7(11)14-8(5-9(12)13)6-10(2,3)4/h8H,5-6H2,1-4H3/p+1/t8-/m1/s1/i2D3,3D3,4D3,8D. The molecule has 0 aliphatic rings. The summed E-state index contributed by atoms with van der Waals surface area (Å²) in [7, 11) is 0. The second kappa shape index (κ2) is 4.95. The molecule has 0 fully saturated rings. The Kier molecular flexibility index (Phi) is 1.35. The molecule has 14 heavy (non-hydrogen) atoms. The number of nitrogens with zero attached hydrogens (tertiary/aromatic N) is 1. The number of quaternary nitrogens is 1. The highest BCUT2D eigenvalue weighted by molar-refractivity contribution is 5.69. The number of ether oxygens (including phenoxy) is 1. The molecule has 5 nitrogen and oxygen atoms in total. The zero-order valence-electron chi connectivity index (χ0n) is 17.5. The predicted octanol–water partition coefficient (Wildman–Crippen LogP) is 0.0990. The number of hydrogen-bond donors (Lipinski definition) is 1. The van der Waals surface area contributed by atoms with Gasteiger partial charge in [-0.2, -0.15) is 0 Å². The average molecular weight is 214 g/mol. The monoisotopic (exact) mass is 214 g/mol. The lowest BCUT2D eigenvalue weighted by Gasteiger charge is -2.28. The lowest BCUT2D eigenvalue weighted by molar-refractivity contribution is -0.873. The van der Waals surface area contributed by atoms with E-state index in [0.29, 0.717) is 0 Å². The Morgan fingerprint density at radius 2 is 2.14 bits per heavy atom. The van der Waals surface area contributed by atoms with Gasteiger partial charge in [0, 0.05) is 6.92 Å². The Bertz CT molecular complexity index is 442. The smallest absolute Gasteiger partial charge is 0.307 e. The van der Waals surface area contributed by atoms with Gasteiger partial charge in [0.1, 0.15) is 6.54 Å². The molecule has 5 heteroatoms. The molecule has 0 heterocycles. The minimum Gasteiger partial charge on any atom is -0.481 e. The van der Waals surface area contributed by atoms with Crippen molar-refractivity contribution in [2.24, 2.45) is 0 Å². The number of hydrogen-bond acceptors (Lipinski definition) is 3. The third-order valence-corrected chi connectivity index (χ3v) is 1.05. The molecule has 0 spiro atoms. The van der Waals surface area contributed by atoms with Crippen molar-refractivity contribution in [1.29, 1.82) is 0 Å². The van der Waals surface area contributed by atoms with Crippen molar-refractivity contribution in [3.8, 4) is 0 Å². The van der Waals surface area contributed by atoms with Gasteiger partial charge < -0.3 is 14.3 Å². The molecule has 0 saturated heterocycles. The van der Waals surface area contributed by atoms with Crippen LogP contribution >= 0.6 is 0 Å². The third-order valence-electron chi connectivity index (χ3n) is 1.05. The zero-order chi connectivity index (χ0) is 19.8. The van der Waals surface area contributed by atoms with Crippen molar-refractivity contribution >= 4 is 11.9 Å². The number of likely N-dealkylation sites (N-methyl/N-ethyl adjacent to an activating group) is 1. The van der Waals surface area contributed by atoms with Crippen LogP contribution in [-0.2, 0) is 14.3 Å². The summed E-state index contributed by atoms with van der Waals surface area (Å²) in [5.74, 6) is -2.89. The summed E-state index contributed by atoms with van der Waals surface area (Å²) in [6, 6.07) is 0. The molecule has 1 N–H and O–H groups in total. The van der Waals surface area contributed by atoms with Crippen molar-refractivity contribution in [3.63, 3.8) is 0 Å². The number of carboxylic acids is 1. The quantitative estimate of drug-likeness (QED) is 0.521. The van der Waals surface area contributed by atoms with Gasteiger partial charge in [0.05, 0.1) is 41.1 Å². The molecule has 0 aromatic carbocycles. The number of carbonyl (C=O) groups is 2. The lowest BCUT2D eigenvalue weighted by atomic mass is 10.2. The van der Waals surface area contributed by atoms with E-state index in [0.717, 1.165) is 6.92 Å². The normalized spacial score (nSPS) is 28.9. The molecule has 0 aromatic rings. The Balaban J connectivity index is 6.45. The molecule has 0 aliphatic heterocycles. The van der Waals surface area contributed by atoms with Gasteiger partial charge in [0.25, 0.3) is 0 Å². The SMILES string of the molecule is [2H]C([2H])([2H])[N+](C[C@@]([2H])(CC(=O)O)OC(C)=O)(C([2H])([2H])[2H])C([2H])([2H])[2H]. The number of carbonyl (C=O) groups excluding carboxylic acids is 1. The van der Waals surface area contributed by atoms with Crippen LogP contribution in [0.1, 0.15) is 27.1 Å². The van der Waals surface area contributed by atoms with Gasteiger partial charge in [-0.25, -0.2) is 0 Å². The fraction of sp³-hybridized carbons (Fsp3) is 0.778. The van der Waals surface area contributed by atoms with E-state index in [9.17, 15) is 9.59 Å². The summed E-state index contributed by atoms with van der Waals surface area (Å²) in [6.07, 6.45) is -4.20. The second-order valence-electron chi connectivity index (χ2n) is 2.67. The number of esters is 1. The molecule has 0 radical (unpaired) electrons. The third kappa shape index (κ3) is 7.54. The Hall–Kier alpha value is -1.10. The molecule has 82 valence electrons. The summed E-state index contributed by atoms with van der Waals surface area (Å²) in [4.78, 5) is 22.0. The number of carboxylic acid groups (broad SMARTS) is 1. The Labute approximate surface area is 97.9 Å².